The van der Waals surface area contributed by atoms with Crippen molar-refractivity contribution in [1.29, 1.82) is 0 Å². The van der Waals surface area contributed by atoms with Crippen molar-refractivity contribution in [3.8, 4) is 17.4 Å². The van der Waals surface area contributed by atoms with Crippen LogP contribution in [0.3, 0.4) is 0 Å². The van der Waals surface area contributed by atoms with Gasteiger partial charge in [-0.2, -0.15) is 0 Å². The zero-order valence-electron chi connectivity index (χ0n) is 9.96. The molecule has 18 heavy (non-hydrogen) atoms. The normalized spacial score (nSPS) is 10.1. The first-order valence-electron chi connectivity index (χ1n) is 5.40. The summed E-state index contributed by atoms with van der Waals surface area (Å²) < 4.78 is 10.7. The van der Waals surface area contributed by atoms with E-state index in [2.05, 4.69) is 4.98 Å². The number of phenolic OH excluding ortho intramolecular Hbond substituents is 1. The van der Waals surface area contributed by atoms with Crippen molar-refractivity contribution in [2.75, 3.05) is 12.8 Å². The number of methoxy groups -OCH3 is 1. The number of ether oxygens (including phenoxy) is 2. The molecule has 0 fully saturated rings. The van der Waals surface area contributed by atoms with Gasteiger partial charge >= 0.3 is 0 Å². The minimum absolute atomic E-state index is 0.00523. The molecule has 0 aliphatic carbocycles. The van der Waals surface area contributed by atoms with Crippen LogP contribution in [0.2, 0.25) is 0 Å². The van der Waals surface area contributed by atoms with Crippen LogP contribution >= 0.6 is 0 Å². The maximum Gasteiger partial charge on any atom is 0.219 e. The van der Waals surface area contributed by atoms with Gasteiger partial charge in [0, 0.05) is 6.20 Å². The lowest BCUT2D eigenvalue weighted by molar-refractivity contribution is 0.294. The highest BCUT2D eigenvalue weighted by atomic mass is 16.5. The molecule has 94 valence electrons. The lowest BCUT2D eigenvalue weighted by Gasteiger charge is -2.11. The molecule has 0 spiro atoms. The summed E-state index contributed by atoms with van der Waals surface area (Å²) in [5.41, 5.74) is 6.73. The molecule has 2 rings (SSSR count). The molecule has 3 N–H and O–H groups in total. The van der Waals surface area contributed by atoms with E-state index in [1.54, 1.807) is 31.5 Å². The number of nitrogens with zero attached hydrogens (tertiary/aromatic N) is 1. The first kappa shape index (κ1) is 12.0. The molecule has 0 atom stereocenters. The fraction of sp³-hybridized carbons (Fsp3) is 0.154. The molecular weight excluding hydrogens is 232 g/mol. The minimum Gasteiger partial charge on any atom is -0.506 e. The Kier molecular flexibility index (Phi) is 3.52. The summed E-state index contributed by atoms with van der Waals surface area (Å²) in [7, 11) is 1.55. The molecule has 0 saturated heterocycles. The number of aromatic hydroxyl groups is 1. The van der Waals surface area contributed by atoms with Crippen LogP contribution in [0.15, 0.2) is 36.5 Å². The van der Waals surface area contributed by atoms with Crippen molar-refractivity contribution in [3.05, 3.63) is 42.1 Å². The van der Waals surface area contributed by atoms with Crippen molar-refractivity contribution in [2.45, 2.75) is 6.61 Å². The molecule has 0 saturated carbocycles. The molecule has 0 bridgehead atoms. The maximum atomic E-state index is 9.46. The number of rotatable bonds is 4. The number of pyridine rings is 1. The van der Waals surface area contributed by atoms with Crippen molar-refractivity contribution >= 4 is 5.69 Å². The van der Waals surface area contributed by atoms with Gasteiger partial charge in [-0.1, -0.05) is 6.07 Å². The van der Waals surface area contributed by atoms with Gasteiger partial charge in [-0.25, -0.2) is 4.98 Å². The Bertz CT molecular complexity index is 544. The molecule has 0 amide bonds. The van der Waals surface area contributed by atoms with Crippen molar-refractivity contribution in [3.63, 3.8) is 0 Å². The van der Waals surface area contributed by atoms with Gasteiger partial charge in [-0.3, -0.25) is 0 Å². The standard InChI is InChI=1S/C13H14N2O3/c1-17-13-9(4-3-7-15-13)8-18-11-6-2-5-10(16)12(11)14/h2-7,16H,8,14H2,1H3. The second-order valence-corrected chi connectivity index (χ2v) is 3.65. The fourth-order valence-electron chi connectivity index (χ4n) is 1.53. The van der Waals surface area contributed by atoms with Gasteiger partial charge in [-0.15, -0.1) is 0 Å². The van der Waals surface area contributed by atoms with Crippen LogP contribution in [0.4, 0.5) is 5.69 Å². The molecule has 0 unspecified atom stereocenters. The molecule has 2 aromatic rings. The van der Waals surface area contributed by atoms with Crippen molar-refractivity contribution < 1.29 is 14.6 Å². The van der Waals surface area contributed by atoms with E-state index in [0.717, 1.165) is 5.56 Å². The summed E-state index contributed by atoms with van der Waals surface area (Å²) in [5.74, 6) is 0.947. The van der Waals surface area contributed by atoms with Crippen molar-refractivity contribution in [1.82, 2.24) is 4.98 Å². The van der Waals surface area contributed by atoms with E-state index in [9.17, 15) is 5.11 Å². The Hall–Kier alpha value is -2.43. The summed E-state index contributed by atoms with van der Waals surface area (Å²) in [4.78, 5) is 4.07. The largest absolute Gasteiger partial charge is 0.506 e. The number of nitrogen functional groups attached to an aromatic ring is 1. The number of para-hydroxylation sites is 1. The minimum atomic E-state index is 0.00523. The molecular formula is C13H14N2O3. The van der Waals surface area contributed by atoms with Crippen LogP contribution in [0, 0.1) is 0 Å². The molecule has 1 heterocycles. The molecule has 5 heteroatoms. The van der Waals surface area contributed by atoms with E-state index < -0.39 is 0 Å². The summed E-state index contributed by atoms with van der Waals surface area (Å²) in [6, 6.07) is 8.52. The number of aromatic nitrogens is 1. The number of hydrogen-bond donors (Lipinski definition) is 2. The van der Waals surface area contributed by atoms with Gasteiger partial charge in [0.2, 0.25) is 5.88 Å². The third kappa shape index (κ3) is 2.45. The molecule has 5 nitrogen and oxygen atoms in total. The second-order valence-electron chi connectivity index (χ2n) is 3.65. The molecule has 0 aliphatic heterocycles. The third-order valence-corrected chi connectivity index (χ3v) is 2.47. The summed E-state index contributed by atoms with van der Waals surface area (Å²) in [6.45, 7) is 0.269. The van der Waals surface area contributed by atoms with Gasteiger partial charge in [0.1, 0.15) is 23.8 Å². The SMILES string of the molecule is COc1ncccc1COc1cccc(O)c1N. The number of phenols is 1. The lowest BCUT2D eigenvalue weighted by Crippen LogP contribution is -2.01. The van der Waals surface area contributed by atoms with Gasteiger partial charge in [0.05, 0.1) is 12.7 Å². The fourth-order valence-corrected chi connectivity index (χ4v) is 1.53. The monoisotopic (exact) mass is 246 g/mol. The van der Waals surface area contributed by atoms with Crippen LogP contribution in [-0.4, -0.2) is 17.2 Å². The summed E-state index contributed by atoms with van der Waals surface area (Å²) >= 11 is 0. The average Bonchev–Trinajstić information content (AvgIpc) is 2.41. The number of anilines is 1. The van der Waals surface area contributed by atoms with E-state index in [1.165, 1.54) is 6.07 Å². The summed E-state index contributed by atoms with van der Waals surface area (Å²) in [6.07, 6.45) is 1.64. The van der Waals surface area contributed by atoms with E-state index >= 15 is 0 Å². The van der Waals surface area contributed by atoms with E-state index in [-0.39, 0.29) is 18.0 Å². The first-order valence-corrected chi connectivity index (χ1v) is 5.40. The molecule has 1 aromatic carbocycles. The quantitative estimate of drug-likeness (QED) is 0.637. The molecule has 0 radical (unpaired) electrons. The Morgan fingerprint density at radius 1 is 1.28 bits per heavy atom. The molecule has 1 aromatic heterocycles. The maximum absolute atomic E-state index is 9.46. The topological polar surface area (TPSA) is 77.6 Å². The smallest absolute Gasteiger partial charge is 0.219 e. The highest BCUT2D eigenvalue weighted by molar-refractivity contribution is 5.61. The van der Waals surface area contributed by atoms with Gasteiger partial charge in [0.25, 0.3) is 0 Å². The van der Waals surface area contributed by atoms with Gasteiger partial charge < -0.3 is 20.3 Å². The summed E-state index contributed by atoms with van der Waals surface area (Å²) in [5, 5.41) is 9.46. The van der Waals surface area contributed by atoms with Crippen LogP contribution in [0.1, 0.15) is 5.56 Å². The highest BCUT2D eigenvalue weighted by Gasteiger charge is 2.07. The number of hydrogen-bond acceptors (Lipinski definition) is 5. The van der Waals surface area contributed by atoms with Gasteiger partial charge in [-0.05, 0) is 24.3 Å². The predicted molar refractivity (Wildman–Crippen MR) is 67.6 cm³/mol. The van der Waals surface area contributed by atoms with Crippen LogP contribution in [0.25, 0.3) is 0 Å². The van der Waals surface area contributed by atoms with Gasteiger partial charge in [0.15, 0.2) is 0 Å². The first-order chi connectivity index (χ1) is 8.72. The van der Waals surface area contributed by atoms with Crippen molar-refractivity contribution in [2.24, 2.45) is 0 Å². The second kappa shape index (κ2) is 5.27. The Labute approximate surface area is 105 Å². The molecule has 0 aliphatic rings. The Morgan fingerprint density at radius 3 is 2.89 bits per heavy atom. The number of nitrogens with two attached hydrogens (primary N) is 1. The third-order valence-electron chi connectivity index (χ3n) is 2.47. The average molecular weight is 246 g/mol. The predicted octanol–water partition coefficient (Wildman–Crippen LogP) is 1.96. The zero-order valence-corrected chi connectivity index (χ0v) is 9.96. The zero-order chi connectivity index (χ0) is 13.0. The van der Waals surface area contributed by atoms with E-state index in [4.69, 9.17) is 15.2 Å². The Morgan fingerprint density at radius 2 is 2.11 bits per heavy atom. The lowest BCUT2D eigenvalue weighted by atomic mass is 10.2. The van der Waals surface area contributed by atoms with E-state index in [1.807, 2.05) is 6.07 Å². The highest BCUT2D eigenvalue weighted by Crippen LogP contribution is 2.30. The van der Waals surface area contributed by atoms with Crippen LogP contribution in [-0.2, 0) is 6.61 Å². The van der Waals surface area contributed by atoms with Crippen LogP contribution < -0.4 is 15.2 Å². The number of benzene rings is 1. The van der Waals surface area contributed by atoms with Crippen LogP contribution in [0.5, 0.6) is 17.4 Å². The van der Waals surface area contributed by atoms with E-state index in [0.29, 0.717) is 11.6 Å². The Balaban J connectivity index is 2.14.